The maximum absolute atomic E-state index is 10.6. The lowest BCUT2D eigenvalue weighted by atomic mass is 9.77. The molecule has 1 heterocycles. The van der Waals surface area contributed by atoms with Gasteiger partial charge in [-0.25, -0.2) is 0 Å². The van der Waals surface area contributed by atoms with Gasteiger partial charge in [-0.15, -0.1) is 12.4 Å². The van der Waals surface area contributed by atoms with E-state index in [4.69, 9.17) is 4.74 Å². The molecule has 116 valence electrons. The van der Waals surface area contributed by atoms with Crippen molar-refractivity contribution in [2.75, 3.05) is 13.7 Å². The standard InChI is InChI=1S/C17H17NO3.ClH/c1-21-14-7-10-4-5-18-13-6-9-2-3-11(19)8-12(9)16(15(10)13)17(14)20;/h2-3,7-8,13,18-20H,4-6H2,1H3;1H/t13-;/m0./s1. The van der Waals surface area contributed by atoms with Gasteiger partial charge in [0.2, 0.25) is 0 Å². The van der Waals surface area contributed by atoms with Crippen LogP contribution in [-0.2, 0) is 12.8 Å². The van der Waals surface area contributed by atoms with Crippen LogP contribution in [0.5, 0.6) is 17.2 Å². The molecule has 0 fully saturated rings. The van der Waals surface area contributed by atoms with Gasteiger partial charge in [-0.05, 0) is 59.8 Å². The fraction of sp³-hybridized carbons (Fsp3) is 0.294. The second-order valence-electron chi connectivity index (χ2n) is 5.68. The van der Waals surface area contributed by atoms with Gasteiger partial charge in [0.25, 0.3) is 0 Å². The van der Waals surface area contributed by atoms with Crippen LogP contribution >= 0.6 is 12.4 Å². The smallest absolute Gasteiger partial charge is 0.166 e. The summed E-state index contributed by atoms with van der Waals surface area (Å²) in [4.78, 5) is 0. The molecule has 0 radical (unpaired) electrons. The van der Waals surface area contributed by atoms with Crippen LogP contribution in [0.4, 0.5) is 0 Å². The van der Waals surface area contributed by atoms with E-state index in [1.807, 2.05) is 12.1 Å². The third-order valence-corrected chi connectivity index (χ3v) is 4.53. The number of nitrogens with one attached hydrogen (secondary N) is 1. The van der Waals surface area contributed by atoms with Crippen LogP contribution < -0.4 is 10.1 Å². The van der Waals surface area contributed by atoms with Gasteiger partial charge in [-0.3, -0.25) is 0 Å². The Morgan fingerprint density at radius 2 is 2.00 bits per heavy atom. The first-order valence-electron chi connectivity index (χ1n) is 7.17. The molecule has 2 aromatic carbocycles. The number of hydrogen-bond donors (Lipinski definition) is 3. The summed E-state index contributed by atoms with van der Waals surface area (Å²) in [6.45, 7) is 0.929. The second kappa shape index (κ2) is 5.38. The SMILES string of the molecule is COc1cc2c3c(c1O)-c1cc(O)ccc1C[C@@H]3NCC2.Cl. The number of hydrogen-bond acceptors (Lipinski definition) is 4. The van der Waals surface area contributed by atoms with Crippen LogP contribution in [0, 0.1) is 0 Å². The number of aromatic hydroxyl groups is 2. The first-order valence-corrected chi connectivity index (χ1v) is 7.17. The topological polar surface area (TPSA) is 61.7 Å². The molecule has 0 saturated heterocycles. The Morgan fingerprint density at radius 3 is 2.77 bits per heavy atom. The molecule has 0 saturated carbocycles. The largest absolute Gasteiger partial charge is 0.508 e. The summed E-state index contributed by atoms with van der Waals surface area (Å²) in [5.74, 6) is 0.879. The van der Waals surface area contributed by atoms with E-state index in [-0.39, 0.29) is 29.9 Å². The molecule has 0 spiro atoms. The lowest BCUT2D eigenvalue weighted by molar-refractivity contribution is 0.370. The molecule has 0 bridgehead atoms. The Labute approximate surface area is 135 Å². The van der Waals surface area contributed by atoms with Crippen molar-refractivity contribution in [1.29, 1.82) is 0 Å². The summed E-state index contributed by atoms with van der Waals surface area (Å²) in [5.41, 5.74) is 5.21. The number of fused-ring (bicyclic) bond motifs is 2. The van der Waals surface area contributed by atoms with E-state index >= 15 is 0 Å². The fourth-order valence-corrected chi connectivity index (χ4v) is 3.60. The molecule has 1 aliphatic carbocycles. The Morgan fingerprint density at radius 1 is 1.18 bits per heavy atom. The van der Waals surface area contributed by atoms with E-state index in [1.54, 1.807) is 19.2 Å². The highest BCUT2D eigenvalue weighted by Crippen LogP contribution is 2.50. The molecule has 4 rings (SSSR count). The van der Waals surface area contributed by atoms with E-state index in [0.29, 0.717) is 5.75 Å². The van der Waals surface area contributed by atoms with E-state index in [0.717, 1.165) is 41.6 Å². The second-order valence-corrected chi connectivity index (χ2v) is 5.68. The van der Waals surface area contributed by atoms with Gasteiger partial charge in [0, 0.05) is 11.6 Å². The van der Waals surface area contributed by atoms with Crippen LogP contribution in [0.15, 0.2) is 24.3 Å². The lowest BCUT2D eigenvalue weighted by Crippen LogP contribution is -2.33. The quantitative estimate of drug-likeness (QED) is 0.756. The Bertz CT molecular complexity index is 745. The molecular weight excluding hydrogens is 302 g/mol. The van der Waals surface area contributed by atoms with E-state index in [2.05, 4.69) is 5.32 Å². The fourth-order valence-electron chi connectivity index (χ4n) is 3.60. The summed E-state index contributed by atoms with van der Waals surface area (Å²) in [7, 11) is 1.57. The monoisotopic (exact) mass is 319 g/mol. The number of ether oxygens (including phenoxy) is 1. The minimum atomic E-state index is 0. The summed E-state index contributed by atoms with van der Waals surface area (Å²) >= 11 is 0. The van der Waals surface area contributed by atoms with Crippen LogP contribution in [0.25, 0.3) is 11.1 Å². The maximum atomic E-state index is 10.6. The van der Waals surface area contributed by atoms with Crippen molar-refractivity contribution in [3.8, 4) is 28.4 Å². The van der Waals surface area contributed by atoms with Crippen LogP contribution in [-0.4, -0.2) is 23.9 Å². The average Bonchev–Trinajstić information content (AvgIpc) is 2.49. The molecule has 2 aliphatic rings. The van der Waals surface area contributed by atoms with Gasteiger partial charge >= 0.3 is 0 Å². The lowest BCUT2D eigenvalue weighted by Gasteiger charge is -2.35. The zero-order chi connectivity index (χ0) is 14.6. The zero-order valence-electron chi connectivity index (χ0n) is 12.2. The van der Waals surface area contributed by atoms with E-state index in [9.17, 15) is 10.2 Å². The maximum Gasteiger partial charge on any atom is 0.166 e. The molecule has 5 heteroatoms. The van der Waals surface area contributed by atoms with Crippen molar-refractivity contribution < 1.29 is 14.9 Å². The summed E-state index contributed by atoms with van der Waals surface area (Å²) in [6, 6.07) is 7.52. The van der Waals surface area contributed by atoms with Gasteiger partial charge < -0.3 is 20.3 Å². The number of methoxy groups -OCH3 is 1. The molecular formula is C17H18ClNO3. The molecule has 0 amide bonds. The van der Waals surface area contributed by atoms with Crippen LogP contribution in [0.1, 0.15) is 22.7 Å². The predicted molar refractivity (Wildman–Crippen MR) is 87.2 cm³/mol. The van der Waals surface area contributed by atoms with Crippen LogP contribution in [0.2, 0.25) is 0 Å². The zero-order valence-corrected chi connectivity index (χ0v) is 13.0. The van der Waals surface area contributed by atoms with Crippen molar-refractivity contribution >= 4 is 12.4 Å². The first kappa shape index (κ1) is 15.0. The number of benzene rings is 2. The minimum Gasteiger partial charge on any atom is -0.508 e. The van der Waals surface area contributed by atoms with Gasteiger partial charge in [0.05, 0.1) is 7.11 Å². The molecule has 4 nitrogen and oxygen atoms in total. The molecule has 22 heavy (non-hydrogen) atoms. The molecule has 1 aliphatic heterocycles. The third kappa shape index (κ3) is 2.02. The molecule has 0 aromatic heterocycles. The van der Waals surface area contributed by atoms with Gasteiger partial charge in [0.1, 0.15) is 5.75 Å². The number of halogens is 1. The number of phenols is 2. The van der Waals surface area contributed by atoms with Gasteiger partial charge in [-0.1, -0.05) is 6.07 Å². The summed E-state index contributed by atoms with van der Waals surface area (Å²) in [6.07, 6.45) is 1.80. The average molecular weight is 320 g/mol. The van der Waals surface area contributed by atoms with Crippen molar-refractivity contribution in [3.63, 3.8) is 0 Å². The molecule has 1 atom stereocenters. The normalized spacial score (nSPS) is 18.0. The van der Waals surface area contributed by atoms with E-state index < -0.39 is 0 Å². The highest BCUT2D eigenvalue weighted by Gasteiger charge is 2.33. The number of phenolic OH excluding ortho intramolecular Hbond substituents is 2. The summed E-state index contributed by atoms with van der Waals surface area (Å²) < 4.78 is 5.33. The highest BCUT2D eigenvalue weighted by atomic mass is 35.5. The molecule has 3 N–H and O–H groups in total. The first-order chi connectivity index (χ1) is 10.2. The Kier molecular flexibility index (Phi) is 3.67. The Hall–Kier alpha value is -1.91. The Balaban J connectivity index is 0.00000144. The van der Waals surface area contributed by atoms with Crippen LogP contribution in [0.3, 0.4) is 0 Å². The number of rotatable bonds is 1. The third-order valence-electron chi connectivity index (χ3n) is 4.53. The van der Waals surface area contributed by atoms with Crippen molar-refractivity contribution in [2.24, 2.45) is 0 Å². The van der Waals surface area contributed by atoms with Crippen molar-refractivity contribution in [2.45, 2.75) is 18.9 Å². The van der Waals surface area contributed by atoms with Gasteiger partial charge in [0.15, 0.2) is 11.5 Å². The predicted octanol–water partition coefficient (Wildman–Crippen LogP) is 2.94. The van der Waals surface area contributed by atoms with E-state index in [1.165, 1.54) is 5.56 Å². The molecule has 0 unspecified atom stereocenters. The van der Waals surface area contributed by atoms with Gasteiger partial charge in [-0.2, -0.15) is 0 Å². The summed E-state index contributed by atoms with van der Waals surface area (Å²) in [5, 5.41) is 23.9. The minimum absolute atomic E-state index is 0. The van der Waals surface area contributed by atoms with Crippen molar-refractivity contribution in [1.82, 2.24) is 5.32 Å². The molecule has 2 aromatic rings. The van der Waals surface area contributed by atoms with Crippen molar-refractivity contribution in [3.05, 3.63) is 41.0 Å². The highest BCUT2D eigenvalue weighted by molar-refractivity contribution is 5.85.